The summed E-state index contributed by atoms with van der Waals surface area (Å²) in [4.78, 5) is 12.5. The number of amides is 1. The van der Waals surface area contributed by atoms with Crippen LogP contribution in [0, 0.1) is 0 Å². The summed E-state index contributed by atoms with van der Waals surface area (Å²) in [5, 5.41) is 14.4. The van der Waals surface area contributed by atoms with E-state index in [0.29, 0.717) is 42.6 Å². The van der Waals surface area contributed by atoms with Crippen LogP contribution < -0.4 is 19.5 Å². The summed E-state index contributed by atoms with van der Waals surface area (Å²) >= 11 is 0. The molecule has 1 unspecified atom stereocenters. The molecule has 5 rings (SSSR count). The Balaban J connectivity index is 1.66. The van der Waals surface area contributed by atoms with E-state index in [0.717, 1.165) is 29.7 Å². The van der Waals surface area contributed by atoms with Crippen LogP contribution >= 0.6 is 0 Å². The maximum absolute atomic E-state index is 12.5. The Hall–Kier alpha value is -3.22. The summed E-state index contributed by atoms with van der Waals surface area (Å²) in [6, 6.07) is 9.43. The van der Waals surface area contributed by atoms with Crippen LogP contribution in [0.5, 0.6) is 17.2 Å². The first-order valence-corrected chi connectivity index (χ1v) is 10.4. The highest BCUT2D eigenvalue weighted by Crippen LogP contribution is 2.55. The van der Waals surface area contributed by atoms with Crippen molar-refractivity contribution >= 4 is 23.2 Å². The number of aliphatic hydroxyl groups excluding tert-OH is 1. The van der Waals surface area contributed by atoms with Crippen molar-refractivity contribution in [2.75, 3.05) is 32.2 Å². The van der Waals surface area contributed by atoms with Crippen molar-refractivity contribution in [2.24, 2.45) is 0 Å². The van der Waals surface area contributed by atoms with Crippen molar-refractivity contribution < 1.29 is 28.7 Å². The summed E-state index contributed by atoms with van der Waals surface area (Å²) < 4.78 is 19.3. The van der Waals surface area contributed by atoms with Crippen LogP contribution in [-0.2, 0) is 10.2 Å². The van der Waals surface area contributed by atoms with Crippen molar-refractivity contribution in [1.29, 1.82) is 0 Å². The predicted octanol–water partition coefficient (Wildman–Crippen LogP) is 3.51. The molecule has 3 aliphatic rings. The molecule has 0 fully saturated rings. The number of carbonyl (C=O) groups excluding carboxylic acids is 1. The highest BCUT2D eigenvalue weighted by Gasteiger charge is 2.60. The normalized spacial score (nSPS) is 20.7. The van der Waals surface area contributed by atoms with Crippen molar-refractivity contribution in [3.8, 4) is 17.2 Å². The average Bonchev–Trinajstić information content (AvgIpc) is 3.23. The van der Waals surface area contributed by atoms with Gasteiger partial charge in [-0.1, -0.05) is 19.4 Å². The standard InChI is InChI=1S/C23H24N2O5/c1-3-4-8-20(26)24-15-6-5-7-16-21(15)23(22(27)25(16)2)13-30-17-12-19-18(11-14(17)23)28-9-10-29-19/h5-7,11-12H,3-4,8-10,13H2,1-2H3,(H,24,26)/p+1. The highest BCUT2D eigenvalue weighted by atomic mass is 16.6. The van der Waals surface area contributed by atoms with Crippen LogP contribution in [0.3, 0.4) is 0 Å². The Labute approximate surface area is 174 Å². The minimum absolute atomic E-state index is 0.0317. The van der Waals surface area contributed by atoms with Gasteiger partial charge < -0.3 is 24.6 Å². The topological polar surface area (TPSA) is 80.0 Å². The number of aliphatic hydroxyl groups is 1. The molecule has 7 nitrogen and oxygen atoms in total. The fourth-order valence-electron chi connectivity index (χ4n) is 4.61. The second kappa shape index (κ2) is 6.93. The number of nitrogens with one attached hydrogen (secondary N) is 1. The van der Waals surface area contributed by atoms with E-state index >= 15 is 0 Å². The van der Waals surface area contributed by atoms with Crippen molar-refractivity contribution in [3.63, 3.8) is 0 Å². The molecule has 7 heteroatoms. The molecule has 2 N–H and O–H groups in total. The first-order chi connectivity index (χ1) is 14.6. The van der Waals surface area contributed by atoms with Crippen LogP contribution in [0.1, 0.15) is 37.3 Å². The van der Waals surface area contributed by atoms with Gasteiger partial charge in [-0.25, -0.2) is 0 Å². The Morgan fingerprint density at radius 3 is 2.70 bits per heavy atom. The van der Waals surface area contributed by atoms with Crippen molar-refractivity contribution in [1.82, 2.24) is 0 Å². The zero-order valence-corrected chi connectivity index (χ0v) is 17.2. The van der Waals surface area contributed by atoms with Gasteiger partial charge in [-0.15, -0.1) is 0 Å². The second-order valence-electron chi connectivity index (χ2n) is 7.92. The molecular weight excluding hydrogens is 384 g/mol. The third-order valence-corrected chi connectivity index (χ3v) is 6.11. The number of nitrogens with zero attached hydrogens (tertiary/aromatic N) is 1. The van der Waals surface area contributed by atoms with E-state index in [2.05, 4.69) is 12.2 Å². The lowest BCUT2D eigenvalue weighted by Gasteiger charge is -2.23. The number of anilines is 1. The fourth-order valence-corrected chi connectivity index (χ4v) is 4.61. The van der Waals surface area contributed by atoms with Crippen LogP contribution in [0.4, 0.5) is 11.4 Å². The molecule has 2 aromatic carbocycles. The van der Waals surface area contributed by atoms with E-state index in [9.17, 15) is 9.90 Å². The average molecular weight is 409 g/mol. The predicted molar refractivity (Wildman–Crippen MR) is 112 cm³/mol. The molecule has 3 aliphatic heterocycles. The van der Waals surface area contributed by atoms with Crippen LogP contribution in [0.2, 0.25) is 0 Å². The maximum atomic E-state index is 12.5. The van der Waals surface area contributed by atoms with Gasteiger partial charge in [0.2, 0.25) is 11.6 Å². The first-order valence-electron chi connectivity index (χ1n) is 10.4. The molecular formula is C23H25N2O5+. The molecule has 0 aliphatic carbocycles. The van der Waals surface area contributed by atoms with E-state index in [4.69, 9.17) is 14.2 Å². The van der Waals surface area contributed by atoms with Gasteiger partial charge in [0, 0.05) is 24.1 Å². The van der Waals surface area contributed by atoms with Gasteiger partial charge in [0.25, 0.3) is 0 Å². The number of hydrogen-bond donors (Lipinski definition) is 2. The van der Waals surface area contributed by atoms with E-state index < -0.39 is 5.41 Å². The molecule has 0 bridgehead atoms. The second-order valence-corrected chi connectivity index (χ2v) is 7.92. The minimum atomic E-state index is -0.913. The monoisotopic (exact) mass is 409 g/mol. The molecule has 3 heterocycles. The summed E-state index contributed by atoms with van der Waals surface area (Å²) in [5.41, 5.74) is 2.27. The molecule has 30 heavy (non-hydrogen) atoms. The summed E-state index contributed by atoms with van der Waals surface area (Å²) in [7, 11) is 1.82. The molecule has 0 saturated heterocycles. The van der Waals surface area contributed by atoms with Crippen molar-refractivity contribution in [2.45, 2.75) is 31.6 Å². The smallest absolute Gasteiger partial charge is 0.359 e. The summed E-state index contributed by atoms with van der Waals surface area (Å²) in [6.07, 6.45) is 2.25. The number of carbonyl (C=O) groups is 1. The summed E-state index contributed by atoms with van der Waals surface area (Å²) in [5.74, 6) is 2.07. The first kappa shape index (κ1) is 18.8. The Morgan fingerprint density at radius 2 is 1.93 bits per heavy atom. The Morgan fingerprint density at radius 1 is 1.17 bits per heavy atom. The van der Waals surface area contributed by atoms with E-state index in [1.807, 2.05) is 37.4 Å². The Bertz CT molecular complexity index is 1080. The van der Waals surface area contributed by atoms with Gasteiger partial charge in [-0.2, -0.15) is 4.58 Å². The molecule has 1 amide bonds. The zero-order valence-electron chi connectivity index (χ0n) is 17.2. The number of ether oxygens (including phenoxy) is 3. The highest BCUT2D eigenvalue weighted by molar-refractivity contribution is 6.00. The van der Waals surface area contributed by atoms with Gasteiger partial charge in [0.15, 0.2) is 16.9 Å². The number of rotatable bonds is 4. The number of hydrogen-bond acceptors (Lipinski definition) is 4. The van der Waals surface area contributed by atoms with Gasteiger partial charge in [-0.3, -0.25) is 4.79 Å². The van der Waals surface area contributed by atoms with E-state index in [-0.39, 0.29) is 18.4 Å². The number of unbranched alkanes of at least 4 members (excludes halogenated alkanes) is 1. The molecule has 156 valence electrons. The lowest BCUT2D eigenvalue weighted by Crippen LogP contribution is -2.38. The number of fused-ring (bicyclic) bond motifs is 5. The van der Waals surface area contributed by atoms with Crippen LogP contribution in [0.15, 0.2) is 30.3 Å². The lowest BCUT2D eigenvalue weighted by molar-refractivity contribution is -0.412. The minimum Gasteiger partial charge on any atom is -0.491 e. The molecule has 0 radical (unpaired) electrons. The maximum Gasteiger partial charge on any atom is 0.359 e. The Kier molecular flexibility index (Phi) is 4.34. The van der Waals surface area contributed by atoms with Crippen molar-refractivity contribution in [3.05, 3.63) is 41.5 Å². The third kappa shape index (κ3) is 2.57. The van der Waals surface area contributed by atoms with Gasteiger partial charge in [0.05, 0.1) is 11.3 Å². The third-order valence-electron chi connectivity index (χ3n) is 6.11. The van der Waals surface area contributed by atoms with Gasteiger partial charge >= 0.3 is 5.90 Å². The number of benzene rings is 2. The fraction of sp³-hybridized carbons (Fsp3) is 0.391. The van der Waals surface area contributed by atoms with Gasteiger partial charge in [-0.05, 0) is 18.6 Å². The summed E-state index contributed by atoms with van der Waals surface area (Å²) in [6.45, 7) is 3.26. The zero-order chi connectivity index (χ0) is 20.9. The quantitative estimate of drug-likeness (QED) is 0.756. The SMILES string of the molecule is CCCCC(=O)Nc1cccc2c1C1(COc3cc4c(cc31)OCCO4)C(O)=[N+]2C. The van der Waals surface area contributed by atoms with Crippen LogP contribution in [-0.4, -0.2) is 48.4 Å². The molecule has 2 aromatic rings. The van der Waals surface area contributed by atoms with Crippen LogP contribution in [0.25, 0.3) is 0 Å². The lowest BCUT2D eigenvalue weighted by atomic mass is 9.75. The molecule has 0 saturated carbocycles. The van der Waals surface area contributed by atoms with E-state index in [1.54, 1.807) is 4.58 Å². The van der Waals surface area contributed by atoms with Gasteiger partial charge in [0.1, 0.15) is 32.6 Å². The molecule has 0 aromatic heterocycles. The van der Waals surface area contributed by atoms with E-state index in [1.165, 1.54) is 0 Å². The largest absolute Gasteiger partial charge is 0.491 e. The molecule has 1 spiro atoms. The molecule has 1 atom stereocenters.